The molecule has 0 radical (unpaired) electrons. The molecule has 0 heterocycles. The Hall–Kier alpha value is 0.690. The summed E-state index contributed by atoms with van der Waals surface area (Å²) in [6.45, 7) is 14.1. The molecule has 0 saturated carbocycles. The van der Waals surface area contributed by atoms with Crippen molar-refractivity contribution in [2.24, 2.45) is 0 Å². The van der Waals surface area contributed by atoms with Crippen molar-refractivity contribution in [3.63, 3.8) is 0 Å². The van der Waals surface area contributed by atoms with E-state index in [9.17, 15) is 0 Å². The van der Waals surface area contributed by atoms with Gasteiger partial charge in [-0.05, 0) is 0 Å². The molecule has 0 saturated heterocycles. The predicted molar refractivity (Wildman–Crippen MR) is 66.1 cm³/mol. The smallest absolute Gasteiger partial charge is 0.147 e. The zero-order chi connectivity index (χ0) is 10.6. The second-order valence-corrected chi connectivity index (χ2v) is 11.0. The first-order valence-corrected chi connectivity index (χ1v) is 8.90. The first-order chi connectivity index (χ1) is 5.89. The summed E-state index contributed by atoms with van der Waals surface area (Å²) in [5.41, 5.74) is 5.99. The Bertz CT molecular complexity index is 191. The van der Waals surface area contributed by atoms with Gasteiger partial charge >= 0.3 is 94.6 Å². The Morgan fingerprint density at radius 3 is 1.21 bits per heavy atom. The van der Waals surface area contributed by atoms with E-state index >= 15 is 0 Å². The minimum atomic E-state index is -1.36. The van der Waals surface area contributed by atoms with Crippen LogP contribution in [-0.4, -0.2) is 8.07 Å². The number of hydrogen-bond donors (Lipinski definition) is 0. The van der Waals surface area contributed by atoms with Crippen LogP contribution in [0.15, 0.2) is 0 Å². The van der Waals surface area contributed by atoms with Gasteiger partial charge in [0.25, 0.3) is 0 Å². The van der Waals surface area contributed by atoms with Gasteiger partial charge in [-0.15, -0.1) is 12.4 Å². The molecule has 0 aliphatic carbocycles. The van der Waals surface area contributed by atoms with Crippen LogP contribution in [0.2, 0.25) is 16.6 Å². The Balaban J connectivity index is 0. The molecule has 3 heteroatoms. The molecule has 0 N–H and O–H groups in total. The fraction of sp³-hybridized carbons (Fsp3) is 0.818. The second kappa shape index (κ2) is 7.05. The maximum absolute atomic E-state index is 3.64. The average Bonchev–Trinajstić information content (AvgIpc) is 1.97. The van der Waals surface area contributed by atoms with E-state index in [4.69, 9.17) is 0 Å². The summed E-state index contributed by atoms with van der Waals surface area (Å²) in [7, 11) is -1.36. The summed E-state index contributed by atoms with van der Waals surface area (Å²) in [5.74, 6) is 0. The predicted octanol–water partition coefficient (Wildman–Crippen LogP) is 4.13. The van der Waals surface area contributed by atoms with E-state index < -0.39 is 8.07 Å². The largest absolute Gasteiger partial charge is 0.147 e. The Kier molecular flexibility index (Phi) is 8.60. The molecule has 0 aromatic rings. The van der Waals surface area contributed by atoms with Crippen LogP contribution < -0.4 is 0 Å². The molecule has 0 nitrogen and oxygen atoms in total. The minimum absolute atomic E-state index is 0. The van der Waals surface area contributed by atoms with Crippen molar-refractivity contribution in [2.45, 2.75) is 58.2 Å². The van der Waals surface area contributed by atoms with Crippen LogP contribution in [0.5, 0.6) is 0 Å². The van der Waals surface area contributed by atoms with Gasteiger partial charge in [0.15, 0.2) is 0 Å². The summed E-state index contributed by atoms with van der Waals surface area (Å²) >= 11 is 1.13. The van der Waals surface area contributed by atoms with Crippen LogP contribution in [0, 0.1) is 10.1 Å². The molecular weight excluding hydrogens is 261 g/mol. The van der Waals surface area contributed by atoms with Gasteiger partial charge in [0.05, 0.1) is 0 Å². The zero-order valence-electron chi connectivity index (χ0n) is 10.3. The van der Waals surface area contributed by atoms with Crippen LogP contribution in [0.3, 0.4) is 0 Å². The monoisotopic (exact) mass is 281 g/mol. The quantitative estimate of drug-likeness (QED) is 0.539. The third-order valence-electron chi connectivity index (χ3n) is 3.17. The molecule has 0 bridgehead atoms. The van der Waals surface area contributed by atoms with Crippen LogP contribution in [0.1, 0.15) is 41.5 Å². The Morgan fingerprint density at radius 2 is 1.14 bits per heavy atom. The number of halogens is 1. The van der Waals surface area contributed by atoms with E-state index in [0.717, 1.165) is 34.9 Å². The van der Waals surface area contributed by atoms with E-state index in [1.165, 1.54) is 0 Å². The van der Waals surface area contributed by atoms with Crippen molar-refractivity contribution in [2.75, 3.05) is 0 Å². The third kappa shape index (κ3) is 3.37. The summed E-state index contributed by atoms with van der Waals surface area (Å²) in [5, 5.41) is 0. The molecule has 0 rings (SSSR count). The fourth-order valence-electron chi connectivity index (χ4n) is 2.59. The molecule has 14 heavy (non-hydrogen) atoms. The molecule has 0 aromatic carbocycles. The van der Waals surface area contributed by atoms with Gasteiger partial charge in [-0.25, -0.2) is 0 Å². The molecular formula is C11H22ClSiZn. The first-order valence-electron chi connectivity index (χ1n) is 5.18. The van der Waals surface area contributed by atoms with Crippen LogP contribution >= 0.6 is 12.4 Å². The standard InChI is InChI=1S/C11H21Si.ClH.Zn/c1-8-12(9(2)3,10(4)5)11(6)7;;/h9-11H,2-7H3;1H;. The molecule has 0 atom stereocenters. The van der Waals surface area contributed by atoms with Gasteiger partial charge in [0.2, 0.25) is 0 Å². The molecule has 0 aliphatic heterocycles. The van der Waals surface area contributed by atoms with Gasteiger partial charge < -0.3 is 0 Å². The van der Waals surface area contributed by atoms with Crippen molar-refractivity contribution < 1.29 is 18.3 Å². The van der Waals surface area contributed by atoms with Gasteiger partial charge in [0.1, 0.15) is 0 Å². The Labute approximate surface area is 107 Å². The van der Waals surface area contributed by atoms with E-state index in [-0.39, 0.29) is 12.4 Å². The molecule has 0 amide bonds. The fourth-order valence-corrected chi connectivity index (χ4v) is 9.69. The summed E-state index contributed by atoms with van der Waals surface area (Å²) in [6, 6.07) is 0. The second-order valence-electron chi connectivity index (χ2n) is 4.70. The topological polar surface area (TPSA) is 0 Å². The van der Waals surface area contributed by atoms with E-state index in [1.54, 1.807) is 0 Å². The molecule has 0 aromatic heterocycles. The van der Waals surface area contributed by atoms with E-state index in [1.807, 2.05) is 0 Å². The minimum Gasteiger partial charge on any atom is -0.147 e. The first kappa shape index (κ1) is 17.1. The third-order valence-corrected chi connectivity index (χ3v) is 10.6. The Morgan fingerprint density at radius 1 is 0.857 bits per heavy atom. The molecule has 0 aliphatic rings. The van der Waals surface area contributed by atoms with Crippen molar-refractivity contribution in [3.05, 3.63) is 0 Å². The normalized spacial score (nSPS) is 11.4. The van der Waals surface area contributed by atoms with Crippen LogP contribution in [-0.2, 0) is 18.3 Å². The molecule has 0 fully saturated rings. The average molecular weight is 283 g/mol. The van der Waals surface area contributed by atoms with Crippen LogP contribution in [0.25, 0.3) is 0 Å². The van der Waals surface area contributed by atoms with Crippen molar-refractivity contribution in [1.29, 1.82) is 0 Å². The van der Waals surface area contributed by atoms with Crippen molar-refractivity contribution in [3.8, 4) is 10.1 Å². The van der Waals surface area contributed by atoms with Gasteiger partial charge in [-0.3, -0.25) is 0 Å². The molecule has 0 unspecified atom stereocenters. The van der Waals surface area contributed by atoms with Crippen LogP contribution in [0.4, 0.5) is 0 Å². The molecule has 79 valence electrons. The maximum atomic E-state index is 3.64. The summed E-state index contributed by atoms with van der Waals surface area (Å²) < 4.78 is 3.29. The zero-order valence-corrected chi connectivity index (χ0v) is 15.1. The van der Waals surface area contributed by atoms with Gasteiger partial charge in [0, 0.05) is 0 Å². The number of hydrogen-bond acceptors (Lipinski definition) is 0. The maximum Gasteiger partial charge on any atom is -0.147 e. The SMILES string of the molecule is CC(C)[Si](C#[C][Zn])(C(C)C)C(C)C.Cl. The van der Waals surface area contributed by atoms with E-state index in [2.05, 4.69) is 51.6 Å². The van der Waals surface area contributed by atoms with E-state index in [0.29, 0.717) is 0 Å². The van der Waals surface area contributed by atoms with Crippen molar-refractivity contribution in [1.82, 2.24) is 0 Å². The molecule has 0 spiro atoms. The number of rotatable bonds is 3. The summed E-state index contributed by atoms with van der Waals surface area (Å²) in [6.07, 6.45) is 0. The van der Waals surface area contributed by atoms with Gasteiger partial charge in [-0.1, -0.05) is 0 Å². The summed E-state index contributed by atoms with van der Waals surface area (Å²) in [4.78, 5) is 0. The van der Waals surface area contributed by atoms with Crippen molar-refractivity contribution >= 4 is 20.5 Å². The van der Waals surface area contributed by atoms with Gasteiger partial charge in [-0.2, -0.15) is 0 Å².